The Kier molecular flexibility index (Phi) is 5.26. The van der Waals surface area contributed by atoms with Crippen molar-refractivity contribution < 1.29 is 4.39 Å². The molecule has 1 N–H and O–H groups in total. The number of hydrogen-bond donors (Lipinski definition) is 1. The zero-order chi connectivity index (χ0) is 11.3. The zero-order valence-corrected chi connectivity index (χ0v) is 10.8. The molecule has 84 valence electrons. The third-order valence-electron chi connectivity index (χ3n) is 2.36. The van der Waals surface area contributed by atoms with Gasteiger partial charge in [-0.25, -0.2) is 4.39 Å². The van der Waals surface area contributed by atoms with Gasteiger partial charge in [0.05, 0.1) is 0 Å². The van der Waals surface area contributed by atoms with Gasteiger partial charge in [0.2, 0.25) is 0 Å². The van der Waals surface area contributed by atoms with Crippen molar-refractivity contribution in [2.24, 2.45) is 0 Å². The molecule has 1 rings (SSSR count). The van der Waals surface area contributed by atoms with Crippen molar-refractivity contribution in [3.8, 4) is 0 Å². The van der Waals surface area contributed by atoms with Crippen molar-refractivity contribution in [2.75, 3.05) is 6.54 Å². The minimum atomic E-state index is -0.127. The van der Waals surface area contributed by atoms with Crippen LogP contribution in [0.4, 0.5) is 4.39 Å². The summed E-state index contributed by atoms with van der Waals surface area (Å²) in [6.45, 7) is 5.01. The first kappa shape index (κ1) is 12.7. The third kappa shape index (κ3) is 3.58. The second-order valence-corrected chi connectivity index (χ2v) is 4.48. The molecular weight excluding hydrogens is 257 g/mol. The second-order valence-electron chi connectivity index (χ2n) is 3.56. The minimum absolute atomic E-state index is 0.123. The van der Waals surface area contributed by atoms with Crippen LogP contribution in [-0.2, 0) is 0 Å². The molecule has 0 heterocycles. The molecule has 1 unspecified atom stereocenters. The molecular formula is C12H17BrFN. The van der Waals surface area contributed by atoms with Crippen LogP contribution in [-0.4, -0.2) is 6.54 Å². The first-order valence-electron chi connectivity index (χ1n) is 5.37. The van der Waals surface area contributed by atoms with E-state index >= 15 is 0 Å². The zero-order valence-electron chi connectivity index (χ0n) is 9.19. The van der Waals surface area contributed by atoms with Gasteiger partial charge in [-0.05, 0) is 31.2 Å². The molecule has 0 saturated heterocycles. The standard InChI is InChI=1S/C12H17BrFN/c1-3-5-12(15-4-2)10-8-9(13)6-7-11(10)14/h6-8,12,15H,3-5H2,1-2H3. The topological polar surface area (TPSA) is 12.0 Å². The van der Waals surface area contributed by atoms with Crippen molar-refractivity contribution in [3.63, 3.8) is 0 Å². The molecule has 0 aromatic heterocycles. The monoisotopic (exact) mass is 273 g/mol. The molecule has 1 nitrogen and oxygen atoms in total. The van der Waals surface area contributed by atoms with Crippen LogP contribution in [0.3, 0.4) is 0 Å². The van der Waals surface area contributed by atoms with Crippen LogP contribution in [0.15, 0.2) is 22.7 Å². The summed E-state index contributed by atoms with van der Waals surface area (Å²) in [6.07, 6.45) is 2.00. The largest absolute Gasteiger partial charge is 0.310 e. The maximum atomic E-state index is 13.6. The van der Waals surface area contributed by atoms with Crippen molar-refractivity contribution in [1.82, 2.24) is 5.32 Å². The molecule has 0 spiro atoms. The van der Waals surface area contributed by atoms with E-state index < -0.39 is 0 Å². The predicted molar refractivity (Wildman–Crippen MR) is 65.4 cm³/mol. The van der Waals surface area contributed by atoms with Crippen LogP contribution < -0.4 is 5.32 Å². The van der Waals surface area contributed by atoms with E-state index in [2.05, 4.69) is 28.2 Å². The van der Waals surface area contributed by atoms with Gasteiger partial charge in [0.25, 0.3) is 0 Å². The fourth-order valence-electron chi connectivity index (χ4n) is 1.68. The van der Waals surface area contributed by atoms with E-state index in [1.807, 2.05) is 13.0 Å². The number of hydrogen-bond acceptors (Lipinski definition) is 1. The Labute approximate surface area is 99.2 Å². The Morgan fingerprint density at radius 1 is 1.40 bits per heavy atom. The van der Waals surface area contributed by atoms with E-state index in [0.29, 0.717) is 0 Å². The summed E-state index contributed by atoms with van der Waals surface area (Å²) in [4.78, 5) is 0. The highest BCUT2D eigenvalue weighted by Crippen LogP contribution is 2.24. The van der Waals surface area contributed by atoms with E-state index in [1.165, 1.54) is 6.07 Å². The summed E-state index contributed by atoms with van der Waals surface area (Å²) in [5, 5.41) is 3.31. The quantitative estimate of drug-likeness (QED) is 0.854. The average Bonchev–Trinajstić information content (AvgIpc) is 2.21. The molecule has 15 heavy (non-hydrogen) atoms. The molecule has 0 aliphatic carbocycles. The minimum Gasteiger partial charge on any atom is -0.310 e. The first-order chi connectivity index (χ1) is 7.19. The van der Waals surface area contributed by atoms with Crippen molar-refractivity contribution in [1.29, 1.82) is 0 Å². The van der Waals surface area contributed by atoms with Crippen molar-refractivity contribution >= 4 is 15.9 Å². The Balaban J connectivity index is 2.93. The number of halogens is 2. The number of rotatable bonds is 5. The van der Waals surface area contributed by atoms with Crippen LogP contribution in [0.2, 0.25) is 0 Å². The molecule has 1 atom stereocenters. The molecule has 0 aliphatic rings. The van der Waals surface area contributed by atoms with E-state index in [1.54, 1.807) is 6.07 Å². The lowest BCUT2D eigenvalue weighted by Crippen LogP contribution is -2.21. The maximum Gasteiger partial charge on any atom is 0.128 e. The lowest BCUT2D eigenvalue weighted by molar-refractivity contribution is 0.480. The van der Waals surface area contributed by atoms with Crippen LogP contribution >= 0.6 is 15.9 Å². The van der Waals surface area contributed by atoms with Gasteiger partial charge in [-0.1, -0.05) is 36.2 Å². The molecule has 0 fully saturated rings. The van der Waals surface area contributed by atoms with E-state index in [9.17, 15) is 4.39 Å². The van der Waals surface area contributed by atoms with E-state index in [-0.39, 0.29) is 11.9 Å². The SMILES string of the molecule is CCCC(NCC)c1cc(Br)ccc1F. The van der Waals surface area contributed by atoms with Gasteiger partial charge in [0.1, 0.15) is 5.82 Å². The van der Waals surface area contributed by atoms with Crippen LogP contribution in [0.25, 0.3) is 0 Å². The highest BCUT2D eigenvalue weighted by molar-refractivity contribution is 9.10. The van der Waals surface area contributed by atoms with E-state index in [4.69, 9.17) is 0 Å². The second kappa shape index (κ2) is 6.23. The maximum absolute atomic E-state index is 13.6. The summed E-state index contributed by atoms with van der Waals surface area (Å²) >= 11 is 3.37. The Morgan fingerprint density at radius 2 is 2.13 bits per heavy atom. The smallest absolute Gasteiger partial charge is 0.128 e. The molecule has 0 amide bonds. The highest BCUT2D eigenvalue weighted by Gasteiger charge is 2.13. The number of nitrogens with one attached hydrogen (secondary N) is 1. The van der Waals surface area contributed by atoms with Gasteiger partial charge in [-0.3, -0.25) is 0 Å². The van der Waals surface area contributed by atoms with Gasteiger partial charge in [0.15, 0.2) is 0 Å². The predicted octanol–water partition coefficient (Wildman–Crippen LogP) is 4.04. The van der Waals surface area contributed by atoms with Gasteiger partial charge in [0, 0.05) is 16.1 Å². The van der Waals surface area contributed by atoms with Crippen molar-refractivity contribution in [3.05, 3.63) is 34.1 Å². The summed E-state index contributed by atoms with van der Waals surface area (Å²) in [7, 11) is 0. The Morgan fingerprint density at radius 3 is 2.73 bits per heavy atom. The molecule has 1 aromatic carbocycles. The van der Waals surface area contributed by atoms with Crippen LogP contribution in [0.1, 0.15) is 38.3 Å². The molecule has 0 radical (unpaired) electrons. The van der Waals surface area contributed by atoms with E-state index in [0.717, 1.165) is 29.4 Å². The van der Waals surface area contributed by atoms with Gasteiger partial charge in [-0.2, -0.15) is 0 Å². The lowest BCUT2D eigenvalue weighted by atomic mass is 10.0. The lowest BCUT2D eigenvalue weighted by Gasteiger charge is -2.18. The molecule has 1 aromatic rings. The van der Waals surface area contributed by atoms with Crippen LogP contribution in [0.5, 0.6) is 0 Å². The van der Waals surface area contributed by atoms with Crippen LogP contribution in [0, 0.1) is 5.82 Å². The first-order valence-corrected chi connectivity index (χ1v) is 6.16. The van der Waals surface area contributed by atoms with Gasteiger partial charge in [-0.15, -0.1) is 0 Å². The fourth-order valence-corrected chi connectivity index (χ4v) is 2.06. The van der Waals surface area contributed by atoms with Gasteiger partial charge < -0.3 is 5.32 Å². The fraction of sp³-hybridized carbons (Fsp3) is 0.500. The molecule has 0 aliphatic heterocycles. The molecule has 0 bridgehead atoms. The summed E-state index contributed by atoms with van der Waals surface area (Å²) in [6, 6.07) is 5.23. The molecule has 0 saturated carbocycles. The highest BCUT2D eigenvalue weighted by atomic mass is 79.9. The number of benzene rings is 1. The molecule has 3 heteroatoms. The van der Waals surface area contributed by atoms with Gasteiger partial charge >= 0.3 is 0 Å². The summed E-state index contributed by atoms with van der Waals surface area (Å²) < 4.78 is 14.5. The average molecular weight is 274 g/mol. The normalized spacial score (nSPS) is 12.8. The summed E-state index contributed by atoms with van der Waals surface area (Å²) in [5.41, 5.74) is 0.757. The summed E-state index contributed by atoms with van der Waals surface area (Å²) in [5.74, 6) is -0.127. The van der Waals surface area contributed by atoms with Crippen molar-refractivity contribution in [2.45, 2.75) is 32.7 Å². The Bertz CT molecular complexity index is 308. The Hall–Kier alpha value is -0.410. The third-order valence-corrected chi connectivity index (χ3v) is 2.85.